The molecule has 1 N–H and O–H groups in total. The molecule has 1 aromatic heterocycles. The maximum absolute atomic E-state index is 12.7. The topological polar surface area (TPSA) is 82.9 Å². The van der Waals surface area contributed by atoms with Gasteiger partial charge >= 0.3 is 0 Å². The summed E-state index contributed by atoms with van der Waals surface area (Å²) in [7, 11) is 0. The Bertz CT molecular complexity index is 868. The molecule has 2 aromatic rings. The van der Waals surface area contributed by atoms with Crippen LogP contribution in [0.1, 0.15) is 34.3 Å². The van der Waals surface area contributed by atoms with Gasteiger partial charge in [0.15, 0.2) is 5.76 Å². The van der Waals surface area contributed by atoms with Crippen LogP contribution in [0, 0.1) is 11.8 Å². The van der Waals surface area contributed by atoms with Gasteiger partial charge in [-0.2, -0.15) is 0 Å². The molecule has 1 aliphatic carbocycles. The maximum atomic E-state index is 12.7. The van der Waals surface area contributed by atoms with Crippen molar-refractivity contribution in [2.45, 2.75) is 13.3 Å². The van der Waals surface area contributed by atoms with Crippen LogP contribution in [0.25, 0.3) is 0 Å². The van der Waals surface area contributed by atoms with Gasteiger partial charge < -0.3 is 19.5 Å². The van der Waals surface area contributed by atoms with Gasteiger partial charge in [0.25, 0.3) is 11.8 Å². The molecule has 0 spiro atoms. The molecule has 2 heterocycles. The zero-order chi connectivity index (χ0) is 19.7. The smallest absolute Gasteiger partial charge is 0.289 e. The predicted octanol–water partition coefficient (Wildman–Crippen LogP) is 2.47. The highest BCUT2D eigenvalue weighted by atomic mass is 16.3. The number of anilines is 1. The fraction of sp³-hybridized carbons (Fsp3) is 0.381. The van der Waals surface area contributed by atoms with Gasteiger partial charge in [0.2, 0.25) is 5.91 Å². The van der Waals surface area contributed by atoms with Crippen molar-refractivity contribution >= 4 is 23.4 Å². The van der Waals surface area contributed by atoms with Gasteiger partial charge in [0.05, 0.1) is 6.26 Å². The van der Waals surface area contributed by atoms with Crippen LogP contribution in [-0.2, 0) is 4.79 Å². The van der Waals surface area contributed by atoms with Crippen LogP contribution in [0.3, 0.4) is 0 Å². The monoisotopic (exact) mass is 381 g/mol. The molecular weight excluding hydrogens is 358 g/mol. The van der Waals surface area contributed by atoms with Gasteiger partial charge in [-0.3, -0.25) is 14.4 Å². The van der Waals surface area contributed by atoms with Crippen LogP contribution in [-0.4, -0.2) is 53.7 Å². The van der Waals surface area contributed by atoms with Crippen molar-refractivity contribution in [3.8, 4) is 0 Å². The second-order valence-electron chi connectivity index (χ2n) is 7.45. The first kappa shape index (κ1) is 18.3. The Morgan fingerprint density at radius 2 is 1.57 bits per heavy atom. The molecule has 2 atom stereocenters. The van der Waals surface area contributed by atoms with E-state index >= 15 is 0 Å². The Kier molecular flexibility index (Phi) is 4.90. The first-order valence-electron chi connectivity index (χ1n) is 9.56. The lowest BCUT2D eigenvalue weighted by Gasteiger charge is -2.34. The minimum Gasteiger partial charge on any atom is -0.459 e. The van der Waals surface area contributed by atoms with Gasteiger partial charge in [0, 0.05) is 43.3 Å². The summed E-state index contributed by atoms with van der Waals surface area (Å²) in [4.78, 5) is 40.4. The number of carbonyl (C=O) groups excluding carboxylic acids is 3. The Labute approximate surface area is 163 Å². The molecule has 7 nitrogen and oxygen atoms in total. The molecule has 2 aliphatic rings. The van der Waals surface area contributed by atoms with E-state index in [1.54, 1.807) is 46.2 Å². The average Bonchev–Trinajstić information content (AvgIpc) is 3.21. The van der Waals surface area contributed by atoms with Crippen LogP contribution in [0.5, 0.6) is 0 Å². The normalized spacial score (nSPS) is 21.3. The van der Waals surface area contributed by atoms with Crippen molar-refractivity contribution in [2.75, 3.05) is 31.5 Å². The summed E-state index contributed by atoms with van der Waals surface area (Å²) in [6.07, 6.45) is 2.42. The van der Waals surface area contributed by atoms with Crippen LogP contribution >= 0.6 is 0 Å². The fourth-order valence-corrected chi connectivity index (χ4v) is 3.47. The first-order chi connectivity index (χ1) is 13.5. The molecule has 0 radical (unpaired) electrons. The Morgan fingerprint density at radius 3 is 2.11 bits per heavy atom. The summed E-state index contributed by atoms with van der Waals surface area (Å²) in [6.45, 7) is 3.96. The zero-order valence-corrected chi connectivity index (χ0v) is 15.8. The SMILES string of the molecule is CC1CC1C(=O)Nc1ccc(C(=O)N2CCN(C(=O)c3ccco3)CC2)cc1. The number of rotatable bonds is 4. The molecule has 2 unspecified atom stereocenters. The quantitative estimate of drug-likeness (QED) is 0.882. The summed E-state index contributed by atoms with van der Waals surface area (Å²) in [5.74, 6) is 0.712. The molecule has 1 saturated heterocycles. The molecule has 0 bridgehead atoms. The lowest BCUT2D eigenvalue weighted by atomic mass is 10.1. The number of hydrogen-bond donors (Lipinski definition) is 1. The molecule has 1 aliphatic heterocycles. The molecule has 3 amide bonds. The zero-order valence-electron chi connectivity index (χ0n) is 15.8. The van der Waals surface area contributed by atoms with Gasteiger partial charge in [-0.15, -0.1) is 0 Å². The summed E-state index contributed by atoms with van der Waals surface area (Å²) in [6, 6.07) is 10.3. The highest BCUT2D eigenvalue weighted by Crippen LogP contribution is 2.38. The van der Waals surface area contributed by atoms with E-state index in [-0.39, 0.29) is 23.6 Å². The molecule has 28 heavy (non-hydrogen) atoms. The van der Waals surface area contributed by atoms with E-state index in [1.165, 1.54) is 6.26 Å². The molecule has 4 rings (SSSR count). The van der Waals surface area contributed by atoms with Crippen molar-refractivity contribution in [2.24, 2.45) is 11.8 Å². The van der Waals surface area contributed by atoms with E-state index in [0.29, 0.717) is 49.1 Å². The summed E-state index contributed by atoms with van der Waals surface area (Å²) in [5, 5.41) is 2.89. The summed E-state index contributed by atoms with van der Waals surface area (Å²) in [5.41, 5.74) is 1.28. The molecule has 1 saturated carbocycles. The maximum Gasteiger partial charge on any atom is 0.289 e. The number of piperazine rings is 1. The van der Waals surface area contributed by atoms with Crippen molar-refractivity contribution in [1.29, 1.82) is 0 Å². The van der Waals surface area contributed by atoms with Crippen molar-refractivity contribution < 1.29 is 18.8 Å². The highest BCUT2D eigenvalue weighted by Gasteiger charge is 2.39. The number of benzene rings is 1. The van der Waals surface area contributed by atoms with Gasteiger partial charge in [0.1, 0.15) is 0 Å². The van der Waals surface area contributed by atoms with Gasteiger partial charge in [-0.05, 0) is 48.7 Å². The number of hydrogen-bond acceptors (Lipinski definition) is 4. The lowest BCUT2D eigenvalue weighted by Crippen LogP contribution is -2.50. The van der Waals surface area contributed by atoms with Crippen LogP contribution in [0.2, 0.25) is 0 Å². The van der Waals surface area contributed by atoms with Crippen LogP contribution < -0.4 is 5.32 Å². The highest BCUT2D eigenvalue weighted by molar-refractivity contribution is 5.97. The second-order valence-corrected chi connectivity index (χ2v) is 7.45. The van der Waals surface area contributed by atoms with Crippen LogP contribution in [0.4, 0.5) is 5.69 Å². The lowest BCUT2D eigenvalue weighted by molar-refractivity contribution is -0.117. The fourth-order valence-electron chi connectivity index (χ4n) is 3.47. The van der Waals surface area contributed by atoms with Crippen LogP contribution in [0.15, 0.2) is 47.1 Å². The second kappa shape index (κ2) is 7.50. The van der Waals surface area contributed by atoms with Crippen molar-refractivity contribution in [3.63, 3.8) is 0 Å². The molecular formula is C21H23N3O4. The van der Waals surface area contributed by atoms with Gasteiger partial charge in [-0.25, -0.2) is 0 Å². The summed E-state index contributed by atoms with van der Waals surface area (Å²) >= 11 is 0. The van der Waals surface area contributed by atoms with E-state index in [2.05, 4.69) is 12.2 Å². The Hall–Kier alpha value is -3.09. The number of carbonyl (C=O) groups is 3. The van der Waals surface area contributed by atoms with E-state index in [9.17, 15) is 14.4 Å². The third kappa shape index (κ3) is 3.78. The third-order valence-corrected chi connectivity index (χ3v) is 5.43. The number of nitrogens with zero attached hydrogens (tertiary/aromatic N) is 2. The Morgan fingerprint density at radius 1 is 0.964 bits per heavy atom. The number of amides is 3. The summed E-state index contributed by atoms with van der Waals surface area (Å²) < 4.78 is 5.15. The number of furan rings is 1. The molecule has 7 heteroatoms. The number of nitrogens with one attached hydrogen (secondary N) is 1. The molecule has 146 valence electrons. The van der Waals surface area contributed by atoms with E-state index in [0.717, 1.165) is 6.42 Å². The van der Waals surface area contributed by atoms with E-state index < -0.39 is 0 Å². The third-order valence-electron chi connectivity index (χ3n) is 5.43. The first-order valence-corrected chi connectivity index (χ1v) is 9.56. The Balaban J connectivity index is 1.31. The van der Waals surface area contributed by atoms with E-state index in [4.69, 9.17) is 4.42 Å². The largest absolute Gasteiger partial charge is 0.459 e. The minimum absolute atomic E-state index is 0.0453. The standard InChI is InChI=1S/C21H23N3O4/c1-14-13-17(14)19(25)22-16-6-4-15(5-7-16)20(26)23-8-10-24(11-9-23)21(27)18-3-2-12-28-18/h2-7,12,14,17H,8-11,13H2,1H3,(H,22,25). The average molecular weight is 381 g/mol. The van der Waals surface area contributed by atoms with Crippen molar-refractivity contribution in [1.82, 2.24) is 9.80 Å². The predicted molar refractivity (Wildman–Crippen MR) is 103 cm³/mol. The van der Waals surface area contributed by atoms with Gasteiger partial charge in [-0.1, -0.05) is 6.92 Å². The minimum atomic E-state index is -0.151. The van der Waals surface area contributed by atoms with Crippen molar-refractivity contribution in [3.05, 3.63) is 54.0 Å². The molecule has 2 fully saturated rings. The molecule has 1 aromatic carbocycles. The van der Waals surface area contributed by atoms with E-state index in [1.807, 2.05) is 0 Å².